The molecule has 15 heavy (non-hydrogen) atoms. The summed E-state index contributed by atoms with van der Waals surface area (Å²) in [6, 6.07) is 2.69. The number of aliphatic hydroxyl groups is 1. The van der Waals surface area contributed by atoms with E-state index in [0.29, 0.717) is 12.2 Å². The zero-order valence-corrected chi connectivity index (χ0v) is 8.82. The van der Waals surface area contributed by atoms with Crippen molar-refractivity contribution in [2.24, 2.45) is 0 Å². The van der Waals surface area contributed by atoms with Crippen LogP contribution in [0.1, 0.15) is 12.5 Å². The Kier molecular flexibility index (Phi) is 3.88. The minimum Gasteiger partial charge on any atom is -0.486 e. The number of nitro benzene ring substituents is 1. The van der Waals surface area contributed by atoms with Crippen molar-refractivity contribution in [1.29, 1.82) is 0 Å². The van der Waals surface area contributed by atoms with E-state index in [9.17, 15) is 10.1 Å². The van der Waals surface area contributed by atoms with Gasteiger partial charge in [0.1, 0.15) is 0 Å². The van der Waals surface area contributed by atoms with Gasteiger partial charge >= 0.3 is 5.69 Å². The number of ether oxygens (including phenoxy) is 1. The molecule has 0 bridgehead atoms. The van der Waals surface area contributed by atoms with E-state index in [-0.39, 0.29) is 23.1 Å². The Balaban J connectivity index is 3.28. The Morgan fingerprint density at radius 3 is 2.73 bits per heavy atom. The van der Waals surface area contributed by atoms with E-state index in [4.69, 9.17) is 21.4 Å². The Bertz CT molecular complexity index is 381. The molecule has 0 saturated carbocycles. The van der Waals surface area contributed by atoms with Gasteiger partial charge in [0.05, 0.1) is 23.2 Å². The van der Waals surface area contributed by atoms with Crippen molar-refractivity contribution >= 4 is 17.3 Å². The zero-order chi connectivity index (χ0) is 11.4. The lowest BCUT2D eigenvalue weighted by atomic mass is 10.2. The molecular formula is C9H10ClNO4. The van der Waals surface area contributed by atoms with Crippen molar-refractivity contribution in [1.82, 2.24) is 0 Å². The number of benzene rings is 1. The summed E-state index contributed by atoms with van der Waals surface area (Å²) in [4.78, 5) is 10.1. The van der Waals surface area contributed by atoms with E-state index in [1.807, 2.05) is 0 Å². The molecule has 0 amide bonds. The maximum Gasteiger partial charge on any atom is 0.312 e. The Morgan fingerprint density at radius 1 is 1.60 bits per heavy atom. The van der Waals surface area contributed by atoms with Gasteiger partial charge in [-0.15, -0.1) is 0 Å². The van der Waals surface area contributed by atoms with Gasteiger partial charge in [-0.2, -0.15) is 0 Å². The molecular weight excluding hydrogens is 222 g/mol. The average Bonchev–Trinajstić information content (AvgIpc) is 2.20. The van der Waals surface area contributed by atoms with E-state index in [2.05, 4.69) is 0 Å². The molecule has 0 aromatic heterocycles. The monoisotopic (exact) mass is 231 g/mol. The Labute approximate surface area is 91.4 Å². The fraction of sp³-hybridized carbons (Fsp3) is 0.333. The van der Waals surface area contributed by atoms with Crippen molar-refractivity contribution in [3.05, 3.63) is 32.8 Å². The summed E-state index contributed by atoms with van der Waals surface area (Å²) in [5.74, 6) is 0.0429. The van der Waals surface area contributed by atoms with Crippen LogP contribution in [0.4, 0.5) is 5.69 Å². The second kappa shape index (κ2) is 4.95. The van der Waals surface area contributed by atoms with Gasteiger partial charge in [-0.05, 0) is 18.6 Å². The quantitative estimate of drug-likeness (QED) is 0.637. The minimum atomic E-state index is -0.587. The van der Waals surface area contributed by atoms with Crippen molar-refractivity contribution in [3.63, 3.8) is 0 Å². The second-order valence-corrected chi connectivity index (χ2v) is 3.18. The first-order valence-electron chi connectivity index (χ1n) is 4.30. The summed E-state index contributed by atoms with van der Waals surface area (Å²) < 4.78 is 5.07. The number of nitrogens with zero attached hydrogens (tertiary/aromatic N) is 1. The number of aliphatic hydroxyl groups excluding tert-OH is 1. The fourth-order valence-corrected chi connectivity index (χ4v) is 1.44. The number of halogens is 1. The number of nitro groups is 1. The van der Waals surface area contributed by atoms with Crippen LogP contribution in [0.3, 0.4) is 0 Å². The van der Waals surface area contributed by atoms with Crippen LogP contribution in [-0.4, -0.2) is 16.6 Å². The lowest BCUT2D eigenvalue weighted by Gasteiger charge is -2.07. The van der Waals surface area contributed by atoms with E-state index in [1.165, 1.54) is 12.1 Å². The molecule has 0 unspecified atom stereocenters. The molecule has 0 aliphatic carbocycles. The third kappa shape index (κ3) is 2.57. The van der Waals surface area contributed by atoms with Gasteiger partial charge in [0, 0.05) is 6.07 Å². The highest BCUT2D eigenvalue weighted by Gasteiger charge is 2.19. The molecule has 0 fully saturated rings. The standard InChI is InChI=1S/C9H10ClNO4/c1-2-15-9-7(10)3-6(5-12)4-8(9)11(13)14/h3-4,12H,2,5H2,1H3. The van der Waals surface area contributed by atoms with Crippen molar-refractivity contribution < 1.29 is 14.8 Å². The summed E-state index contributed by atoms with van der Waals surface area (Å²) in [6.45, 7) is 1.70. The van der Waals surface area contributed by atoms with Crippen molar-refractivity contribution in [2.45, 2.75) is 13.5 Å². The molecule has 0 heterocycles. The molecule has 6 heteroatoms. The Morgan fingerprint density at radius 2 is 2.27 bits per heavy atom. The van der Waals surface area contributed by atoms with E-state index in [0.717, 1.165) is 0 Å². The van der Waals surface area contributed by atoms with Crippen LogP contribution in [0.15, 0.2) is 12.1 Å². The topological polar surface area (TPSA) is 72.6 Å². The van der Waals surface area contributed by atoms with Gasteiger partial charge in [-0.3, -0.25) is 10.1 Å². The van der Waals surface area contributed by atoms with Crippen LogP contribution in [0.2, 0.25) is 5.02 Å². The molecule has 0 saturated heterocycles. The van der Waals surface area contributed by atoms with Gasteiger partial charge in [-0.25, -0.2) is 0 Å². The lowest BCUT2D eigenvalue weighted by Crippen LogP contribution is -1.99. The first-order valence-corrected chi connectivity index (χ1v) is 4.68. The molecule has 82 valence electrons. The van der Waals surface area contributed by atoms with Crippen molar-refractivity contribution in [3.8, 4) is 5.75 Å². The molecule has 1 aromatic rings. The molecule has 0 atom stereocenters. The van der Waals surface area contributed by atoms with Gasteiger partial charge < -0.3 is 9.84 Å². The van der Waals surface area contributed by atoms with Crippen LogP contribution in [-0.2, 0) is 6.61 Å². The number of hydrogen-bond acceptors (Lipinski definition) is 4. The van der Waals surface area contributed by atoms with Crippen LogP contribution in [0.5, 0.6) is 5.75 Å². The van der Waals surface area contributed by atoms with E-state index < -0.39 is 4.92 Å². The van der Waals surface area contributed by atoms with Crippen LogP contribution in [0.25, 0.3) is 0 Å². The van der Waals surface area contributed by atoms with Gasteiger partial charge in [0.15, 0.2) is 0 Å². The maximum atomic E-state index is 10.7. The van der Waals surface area contributed by atoms with E-state index in [1.54, 1.807) is 6.92 Å². The van der Waals surface area contributed by atoms with Gasteiger partial charge in [0.25, 0.3) is 0 Å². The third-order valence-corrected chi connectivity index (χ3v) is 2.03. The predicted molar refractivity (Wildman–Crippen MR) is 55.2 cm³/mol. The van der Waals surface area contributed by atoms with Gasteiger partial charge in [-0.1, -0.05) is 11.6 Å². The predicted octanol–water partition coefficient (Wildman–Crippen LogP) is 2.14. The summed E-state index contributed by atoms with van der Waals surface area (Å²) in [5.41, 5.74) is 0.156. The Hall–Kier alpha value is -1.33. The average molecular weight is 232 g/mol. The van der Waals surface area contributed by atoms with Crippen LogP contribution < -0.4 is 4.74 Å². The molecule has 0 aliphatic heterocycles. The SMILES string of the molecule is CCOc1c(Cl)cc(CO)cc1[N+](=O)[O-]. The molecule has 0 spiro atoms. The second-order valence-electron chi connectivity index (χ2n) is 2.77. The molecule has 0 radical (unpaired) electrons. The first kappa shape index (κ1) is 11.7. The molecule has 0 aliphatic rings. The zero-order valence-electron chi connectivity index (χ0n) is 8.07. The minimum absolute atomic E-state index is 0.0429. The van der Waals surface area contributed by atoms with Crippen LogP contribution in [0, 0.1) is 10.1 Å². The smallest absolute Gasteiger partial charge is 0.312 e. The van der Waals surface area contributed by atoms with E-state index >= 15 is 0 Å². The highest BCUT2D eigenvalue weighted by molar-refractivity contribution is 6.32. The largest absolute Gasteiger partial charge is 0.486 e. The van der Waals surface area contributed by atoms with Crippen LogP contribution >= 0.6 is 11.6 Å². The third-order valence-electron chi connectivity index (χ3n) is 1.75. The summed E-state index contributed by atoms with van der Waals surface area (Å²) >= 11 is 5.80. The molecule has 1 aromatic carbocycles. The van der Waals surface area contributed by atoms with Crippen molar-refractivity contribution in [2.75, 3.05) is 6.61 Å². The maximum absolute atomic E-state index is 10.7. The number of rotatable bonds is 4. The fourth-order valence-electron chi connectivity index (χ4n) is 1.15. The summed E-state index contributed by atoms with van der Waals surface area (Å²) in [5, 5.41) is 19.7. The number of hydrogen-bond donors (Lipinski definition) is 1. The lowest BCUT2D eigenvalue weighted by molar-refractivity contribution is -0.385. The summed E-state index contributed by atoms with van der Waals surface area (Å²) in [7, 11) is 0. The highest BCUT2D eigenvalue weighted by atomic mass is 35.5. The highest BCUT2D eigenvalue weighted by Crippen LogP contribution is 2.36. The van der Waals surface area contributed by atoms with Gasteiger partial charge in [0.2, 0.25) is 5.75 Å². The normalized spacial score (nSPS) is 10.1. The first-order chi connectivity index (χ1) is 7.10. The molecule has 5 nitrogen and oxygen atoms in total. The summed E-state index contributed by atoms with van der Waals surface area (Å²) in [6.07, 6.45) is 0. The molecule has 1 N–H and O–H groups in total. The molecule has 1 rings (SSSR count).